The highest BCUT2D eigenvalue weighted by Gasteiger charge is 2.39. The molecule has 3 rings (SSSR count). The van der Waals surface area contributed by atoms with E-state index in [9.17, 15) is 0 Å². The number of thioether (sulfide) groups is 1. The van der Waals surface area contributed by atoms with Gasteiger partial charge in [-0.3, -0.25) is 0 Å². The minimum atomic E-state index is 0.00718. The fourth-order valence-corrected chi connectivity index (χ4v) is 4.48. The molecule has 2 heterocycles. The lowest BCUT2D eigenvalue weighted by Gasteiger charge is -2.43. The molecule has 1 aromatic rings. The molecule has 1 spiro atoms. The van der Waals surface area contributed by atoms with Crippen LogP contribution in [0.5, 0.6) is 5.75 Å². The largest absolute Gasteiger partial charge is 0.489 e. The first-order valence-corrected chi connectivity index (χ1v) is 8.82. The Morgan fingerprint density at radius 1 is 1.38 bits per heavy atom. The van der Waals surface area contributed by atoms with Gasteiger partial charge in [0.1, 0.15) is 11.9 Å². The van der Waals surface area contributed by atoms with E-state index in [0.29, 0.717) is 16.3 Å². The van der Waals surface area contributed by atoms with E-state index in [2.05, 4.69) is 6.07 Å². The molecule has 0 aromatic heterocycles. The zero-order valence-electron chi connectivity index (χ0n) is 11.8. The Labute approximate surface area is 134 Å². The third-order valence-corrected chi connectivity index (χ3v) is 5.49. The molecule has 3 nitrogen and oxygen atoms in total. The molecule has 2 aliphatic rings. The van der Waals surface area contributed by atoms with Crippen LogP contribution in [-0.4, -0.2) is 29.8 Å². The summed E-state index contributed by atoms with van der Waals surface area (Å²) >= 11 is 8.20. The van der Waals surface area contributed by atoms with Crippen LogP contribution in [0.2, 0.25) is 5.02 Å². The summed E-state index contributed by atoms with van der Waals surface area (Å²) in [6.07, 6.45) is 4.19. The van der Waals surface area contributed by atoms with E-state index in [1.54, 1.807) is 18.2 Å². The quantitative estimate of drug-likeness (QED) is 0.824. The molecule has 21 heavy (non-hydrogen) atoms. The fraction of sp³-hybridized carbons (Fsp3) is 0.562. The van der Waals surface area contributed by atoms with Crippen LogP contribution in [0.3, 0.4) is 0 Å². The van der Waals surface area contributed by atoms with E-state index in [1.807, 2.05) is 11.8 Å². The first-order chi connectivity index (χ1) is 10.2. The van der Waals surface area contributed by atoms with Crippen molar-refractivity contribution in [3.05, 3.63) is 28.8 Å². The number of nitrogens with zero attached hydrogens (tertiary/aromatic N) is 1. The number of rotatable bonds is 2. The zero-order chi connectivity index (χ0) is 14.7. The lowest BCUT2D eigenvalue weighted by molar-refractivity contribution is -0.116. The summed E-state index contributed by atoms with van der Waals surface area (Å²) in [5, 5.41) is 9.38. The van der Waals surface area contributed by atoms with Gasteiger partial charge < -0.3 is 9.47 Å². The molecule has 2 fully saturated rings. The highest BCUT2D eigenvalue weighted by molar-refractivity contribution is 7.99. The number of halogens is 1. The number of hydrogen-bond acceptors (Lipinski definition) is 4. The molecule has 0 aliphatic carbocycles. The monoisotopic (exact) mass is 323 g/mol. The van der Waals surface area contributed by atoms with Gasteiger partial charge in [0.25, 0.3) is 0 Å². The summed E-state index contributed by atoms with van der Waals surface area (Å²) < 4.78 is 12.2. The third kappa shape index (κ3) is 3.48. The highest BCUT2D eigenvalue weighted by Crippen LogP contribution is 2.39. The van der Waals surface area contributed by atoms with Gasteiger partial charge in [0.2, 0.25) is 0 Å². The third-order valence-electron chi connectivity index (χ3n) is 4.21. The predicted octanol–water partition coefficient (Wildman–Crippen LogP) is 4.04. The molecule has 5 heteroatoms. The fourth-order valence-electron chi connectivity index (χ4n) is 3.02. The first kappa shape index (κ1) is 15.0. The summed E-state index contributed by atoms with van der Waals surface area (Å²) in [6.45, 7) is 0.753. The highest BCUT2D eigenvalue weighted by atomic mass is 35.5. The van der Waals surface area contributed by atoms with Gasteiger partial charge >= 0.3 is 0 Å². The number of nitriles is 1. The maximum atomic E-state index is 8.87. The summed E-state index contributed by atoms with van der Waals surface area (Å²) in [5.41, 5.74) is 0.563. The normalized spacial score (nSPS) is 24.5. The van der Waals surface area contributed by atoms with Gasteiger partial charge in [0.15, 0.2) is 0 Å². The molecule has 0 amide bonds. The van der Waals surface area contributed by atoms with E-state index in [0.717, 1.165) is 32.3 Å². The second-order valence-electron chi connectivity index (χ2n) is 5.63. The maximum absolute atomic E-state index is 8.87. The smallest absolute Gasteiger partial charge is 0.138 e. The Balaban J connectivity index is 1.68. The van der Waals surface area contributed by atoms with Gasteiger partial charge in [-0.25, -0.2) is 0 Å². The van der Waals surface area contributed by atoms with Crippen molar-refractivity contribution in [2.45, 2.75) is 37.4 Å². The molecule has 0 bridgehead atoms. The van der Waals surface area contributed by atoms with Crippen LogP contribution in [0.4, 0.5) is 0 Å². The summed E-state index contributed by atoms with van der Waals surface area (Å²) in [7, 11) is 0. The molecule has 1 unspecified atom stereocenters. The topological polar surface area (TPSA) is 42.2 Å². The van der Waals surface area contributed by atoms with E-state index >= 15 is 0 Å². The summed E-state index contributed by atoms with van der Waals surface area (Å²) in [6, 6.07) is 7.27. The van der Waals surface area contributed by atoms with Crippen LogP contribution >= 0.6 is 23.4 Å². The Morgan fingerprint density at radius 3 is 2.90 bits per heavy atom. The Hall–Kier alpha value is -0.890. The molecule has 1 atom stereocenters. The van der Waals surface area contributed by atoms with Gasteiger partial charge in [-0.1, -0.05) is 11.6 Å². The van der Waals surface area contributed by atoms with Gasteiger partial charge in [-0.05, 0) is 42.5 Å². The lowest BCUT2D eigenvalue weighted by Crippen LogP contribution is -2.46. The SMILES string of the molecule is N#Cc1ccc(OC2CCOC3(CCSCC3)C2)c(Cl)c1. The van der Waals surface area contributed by atoms with Crippen LogP contribution < -0.4 is 4.74 Å². The van der Waals surface area contributed by atoms with Gasteiger partial charge in [0, 0.05) is 12.8 Å². The molecular weight excluding hydrogens is 306 g/mol. The van der Waals surface area contributed by atoms with Crippen molar-refractivity contribution in [3.8, 4) is 11.8 Å². The number of hydrogen-bond donors (Lipinski definition) is 0. The van der Waals surface area contributed by atoms with E-state index in [4.69, 9.17) is 26.3 Å². The second kappa shape index (κ2) is 6.48. The van der Waals surface area contributed by atoms with Gasteiger partial charge in [-0.2, -0.15) is 17.0 Å². The molecule has 1 aromatic carbocycles. The molecule has 2 saturated heterocycles. The van der Waals surface area contributed by atoms with Crippen LogP contribution in [0.1, 0.15) is 31.2 Å². The Kier molecular flexibility index (Phi) is 4.63. The molecule has 0 radical (unpaired) electrons. The minimum Gasteiger partial charge on any atom is -0.489 e. The van der Waals surface area contributed by atoms with Gasteiger partial charge in [0.05, 0.1) is 28.9 Å². The van der Waals surface area contributed by atoms with Crippen molar-refractivity contribution >= 4 is 23.4 Å². The minimum absolute atomic E-state index is 0.00718. The van der Waals surface area contributed by atoms with E-state index < -0.39 is 0 Å². The van der Waals surface area contributed by atoms with E-state index in [1.165, 1.54) is 11.5 Å². The maximum Gasteiger partial charge on any atom is 0.138 e. The van der Waals surface area contributed by atoms with Crippen molar-refractivity contribution in [2.75, 3.05) is 18.1 Å². The average Bonchev–Trinajstić information content (AvgIpc) is 2.50. The number of benzene rings is 1. The Morgan fingerprint density at radius 2 is 2.19 bits per heavy atom. The number of ether oxygens (including phenoxy) is 2. The lowest BCUT2D eigenvalue weighted by atomic mass is 9.86. The standard InChI is InChI=1S/C16H18ClNO2S/c17-14-9-12(11-18)1-2-15(14)20-13-3-6-19-16(10-13)4-7-21-8-5-16/h1-2,9,13H,3-8,10H2. The van der Waals surface area contributed by atoms with E-state index in [-0.39, 0.29) is 11.7 Å². The van der Waals surface area contributed by atoms with Crippen molar-refractivity contribution < 1.29 is 9.47 Å². The Bertz CT molecular complexity index is 546. The molecule has 2 aliphatic heterocycles. The summed E-state index contributed by atoms with van der Waals surface area (Å²) in [4.78, 5) is 0. The average molecular weight is 324 g/mol. The van der Waals surface area contributed by atoms with Crippen LogP contribution in [-0.2, 0) is 4.74 Å². The van der Waals surface area contributed by atoms with Crippen LogP contribution in [0.15, 0.2) is 18.2 Å². The van der Waals surface area contributed by atoms with Crippen LogP contribution in [0, 0.1) is 11.3 Å². The van der Waals surface area contributed by atoms with Crippen molar-refractivity contribution in [1.29, 1.82) is 5.26 Å². The summed E-state index contributed by atoms with van der Waals surface area (Å²) in [5.74, 6) is 3.01. The molecule has 0 saturated carbocycles. The molecule has 0 N–H and O–H groups in total. The van der Waals surface area contributed by atoms with Crippen molar-refractivity contribution in [2.24, 2.45) is 0 Å². The van der Waals surface area contributed by atoms with Crippen LogP contribution in [0.25, 0.3) is 0 Å². The zero-order valence-corrected chi connectivity index (χ0v) is 13.4. The molecular formula is C16H18ClNO2S. The van der Waals surface area contributed by atoms with Crippen molar-refractivity contribution in [1.82, 2.24) is 0 Å². The van der Waals surface area contributed by atoms with Crippen molar-refractivity contribution in [3.63, 3.8) is 0 Å². The molecule has 112 valence electrons. The predicted molar refractivity (Wildman–Crippen MR) is 85.1 cm³/mol. The first-order valence-electron chi connectivity index (χ1n) is 7.29. The second-order valence-corrected chi connectivity index (χ2v) is 7.27. The van der Waals surface area contributed by atoms with Gasteiger partial charge in [-0.15, -0.1) is 0 Å².